The van der Waals surface area contributed by atoms with Crippen molar-refractivity contribution in [2.45, 2.75) is 43.7 Å². The van der Waals surface area contributed by atoms with E-state index in [1.807, 2.05) is 0 Å². The molecule has 0 spiro atoms. The number of nitrogens with one attached hydrogen (secondary N) is 1. The first-order valence-electron chi connectivity index (χ1n) is 7.15. The molecule has 1 aromatic rings. The predicted molar refractivity (Wildman–Crippen MR) is 77.9 cm³/mol. The van der Waals surface area contributed by atoms with E-state index in [1.165, 1.54) is 12.1 Å². The lowest BCUT2D eigenvalue weighted by atomic mass is 9.97. The third kappa shape index (κ3) is 3.65. The number of rotatable bonds is 5. The Bertz CT molecular complexity index is 512. The third-order valence-electron chi connectivity index (χ3n) is 4.08. The van der Waals surface area contributed by atoms with Crippen LogP contribution in [0.1, 0.15) is 31.2 Å². The fraction of sp³-hybridized carbons (Fsp3) is 0.533. The van der Waals surface area contributed by atoms with Gasteiger partial charge in [0.1, 0.15) is 0 Å². The summed E-state index contributed by atoms with van der Waals surface area (Å²) < 4.78 is 0. The number of aliphatic hydroxyl groups excluding tert-OH is 1. The molecule has 6 N–H and O–H groups in total. The summed E-state index contributed by atoms with van der Waals surface area (Å²) in [5.74, 6) is -0.747. The van der Waals surface area contributed by atoms with Crippen LogP contribution >= 0.6 is 0 Å². The van der Waals surface area contributed by atoms with Crippen LogP contribution < -0.4 is 11.1 Å². The molecule has 6 heteroatoms. The smallest absolute Gasteiger partial charge is 0.237 e. The molecule has 2 rings (SSSR count). The lowest BCUT2D eigenvalue weighted by Gasteiger charge is -2.29. The van der Waals surface area contributed by atoms with Crippen molar-refractivity contribution in [2.75, 3.05) is 6.61 Å². The molecule has 0 heterocycles. The van der Waals surface area contributed by atoms with Gasteiger partial charge in [0.2, 0.25) is 5.91 Å². The molecule has 0 saturated heterocycles. The van der Waals surface area contributed by atoms with Gasteiger partial charge < -0.3 is 26.4 Å². The number of nitrogens with two attached hydrogens (primary N) is 1. The van der Waals surface area contributed by atoms with Gasteiger partial charge >= 0.3 is 0 Å². The van der Waals surface area contributed by atoms with Crippen LogP contribution in [0.2, 0.25) is 0 Å². The normalized spacial score (nSPS) is 18.4. The van der Waals surface area contributed by atoms with E-state index in [1.54, 1.807) is 6.07 Å². The van der Waals surface area contributed by atoms with Crippen molar-refractivity contribution in [3.8, 4) is 11.5 Å². The first-order valence-corrected chi connectivity index (χ1v) is 7.15. The van der Waals surface area contributed by atoms with Gasteiger partial charge in [-0.2, -0.15) is 0 Å². The average molecular weight is 294 g/mol. The van der Waals surface area contributed by atoms with Crippen molar-refractivity contribution < 1.29 is 20.1 Å². The first kappa shape index (κ1) is 15.6. The van der Waals surface area contributed by atoms with E-state index in [-0.39, 0.29) is 30.4 Å². The van der Waals surface area contributed by atoms with E-state index in [4.69, 9.17) is 5.73 Å². The SMILES string of the molecule is N[C@@H](Cc1ccc(O)c(O)c1)C(=O)NC1(CO)CCCC1. The average Bonchev–Trinajstić information content (AvgIpc) is 2.92. The molecule has 6 nitrogen and oxygen atoms in total. The molecule has 1 aliphatic rings. The molecule has 1 aliphatic carbocycles. The van der Waals surface area contributed by atoms with E-state index in [0.717, 1.165) is 25.7 Å². The van der Waals surface area contributed by atoms with E-state index in [0.29, 0.717) is 5.56 Å². The van der Waals surface area contributed by atoms with Crippen molar-refractivity contribution in [1.29, 1.82) is 0 Å². The topological polar surface area (TPSA) is 116 Å². The van der Waals surface area contributed by atoms with Crippen molar-refractivity contribution in [3.63, 3.8) is 0 Å². The maximum Gasteiger partial charge on any atom is 0.237 e. The van der Waals surface area contributed by atoms with Crippen LogP contribution in [0.4, 0.5) is 0 Å². The number of aliphatic hydroxyl groups is 1. The number of benzene rings is 1. The summed E-state index contributed by atoms with van der Waals surface area (Å²) in [4.78, 5) is 12.2. The number of hydrogen-bond donors (Lipinski definition) is 5. The highest BCUT2D eigenvalue weighted by molar-refractivity contribution is 5.82. The summed E-state index contributed by atoms with van der Waals surface area (Å²) in [5.41, 5.74) is 6.02. The van der Waals surface area contributed by atoms with Crippen molar-refractivity contribution in [2.24, 2.45) is 5.73 Å². The summed E-state index contributed by atoms with van der Waals surface area (Å²) in [7, 11) is 0. The fourth-order valence-corrected chi connectivity index (χ4v) is 2.77. The molecule has 1 atom stereocenters. The fourth-order valence-electron chi connectivity index (χ4n) is 2.77. The van der Waals surface area contributed by atoms with Crippen LogP contribution in [-0.4, -0.2) is 39.4 Å². The van der Waals surface area contributed by atoms with Gasteiger partial charge in [0.05, 0.1) is 18.2 Å². The first-order chi connectivity index (χ1) is 9.96. The molecular formula is C15H22N2O4. The summed E-state index contributed by atoms with van der Waals surface area (Å²) in [6, 6.07) is 3.60. The Morgan fingerprint density at radius 3 is 2.52 bits per heavy atom. The van der Waals surface area contributed by atoms with Gasteiger partial charge in [-0.25, -0.2) is 0 Å². The Kier molecular flexibility index (Phi) is 4.69. The van der Waals surface area contributed by atoms with Gasteiger partial charge in [-0.05, 0) is 37.0 Å². The van der Waals surface area contributed by atoms with Crippen LogP contribution in [0.3, 0.4) is 0 Å². The minimum absolute atomic E-state index is 0.0779. The lowest BCUT2D eigenvalue weighted by molar-refractivity contribution is -0.124. The molecule has 1 saturated carbocycles. The Morgan fingerprint density at radius 1 is 1.29 bits per heavy atom. The molecule has 0 unspecified atom stereocenters. The maximum absolute atomic E-state index is 12.2. The van der Waals surface area contributed by atoms with Gasteiger partial charge in [-0.1, -0.05) is 18.9 Å². The van der Waals surface area contributed by atoms with E-state index in [2.05, 4.69) is 5.32 Å². The number of phenolic OH excluding ortho intramolecular Hbond substituents is 2. The lowest BCUT2D eigenvalue weighted by Crippen LogP contribution is -2.54. The summed E-state index contributed by atoms with van der Waals surface area (Å²) in [5, 5.41) is 31.0. The molecular weight excluding hydrogens is 272 g/mol. The van der Waals surface area contributed by atoms with Crippen LogP contribution in [0.25, 0.3) is 0 Å². The minimum Gasteiger partial charge on any atom is -0.504 e. The highest BCUT2D eigenvalue weighted by Gasteiger charge is 2.35. The second kappa shape index (κ2) is 6.32. The zero-order valence-corrected chi connectivity index (χ0v) is 11.9. The predicted octanol–water partition coefficient (Wildman–Crippen LogP) is 0.389. The standard InChI is InChI=1S/C15H22N2O4/c16-11(7-10-3-4-12(19)13(20)8-10)14(21)17-15(9-18)5-1-2-6-15/h3-4,8,11,18-20H,1-2,5-7,9,16H2,(H,17,21)/t11-/m0/s1. The van der Waals surface area contributed by atoms with Crippen molar-refractivity contribution in [3.05, 3.63) is 23.8 Å². The number of aromatic hydroxyl groups is 2. The Labute approximate surface area is 123 Å². The number of carbonyl (C=O) groups is 1. The van der Waals surface area contributed by atoms with E-state index < -0.39 is 11.6 Å². The second-order valence-corrected chi connectivity index (χ2v) is 5.77. The number of hydrogen-bond acceptors (Lipinski definition) is 5. The zero-order chi connectivity index (χ0) is 15.5. The molecule has 0 bridgehead atoms. The zero-order valence-electron chi connectivity index (χ0n) is 11.9. The van der Waals surface area contributed by atoms with Crippen LogP contribution in [0.5, 0.6) is 11.5 Å². The molecule has 1 fully saturated rings. The second-order valence-electron chi connectivity index (χ2n) is 5.77. The quantitative estimate of drug-likeness (QED) is 0.504. The molecule has 1 aromatic carbocycles. The largest absolute Gasteiger partial charge is 0.504 e. The van der Waals surface area contributed by atoms with Crippen molar-refractivity contribution in [1.82, 2.24) is 5.32 Å². The monoisotopic (exact) mass is 294 g/mol. The number of phenols is 2. The molecule has 116 valence electrons. The molecule has 0 aromatic heterocycles. The maximum atomic E-state index is 12.2. The summed E-state index contributed by atoms with van der Waals surface area (Å²) in [6.07, 6.45) is 3.76. The highest BCUT2D eigenvalue weighted by Crippen LogP contribution is 2.29. The molecule has 21 heavy (non-hydrogen) atoms. The van der Waals surface area contributed by atoms with E-state index >= 15 is 0 Å². The number of amides is 1. The van der Waals surface area contributed by atoms with Gasteiger partial charge in [0.15, 0.2) is 11.5 Å². The molecule has 1 amide bonds. The Balaban J connectivity index is 1.97. The third-order valence-corrected chi connectivity index (χ3v) is 4.08. The molecule has 0 aliphatic heterocycles. The van der Waals surface area contributed by atoms with Crippen LogP contribution in [0, 0.1) is 0 Å². The summed E-state index contributed by atoms with van der Waals surface area (Å²) in [6.45, 7) is -0.0779. The van der Waals surface area contributed by atoms with Gasteiger partial charge in [0.25, 0.3) is 0 Å². The summed E-state index contributed by atoms with van der Waals surface area (Å²) >= 11 is 0. The molecule has 0 radical (unpaired) electrons. The van der Waals surface area contributed by atoms with Crippen molar-refractivity contribution >= 4 is 5.91 Å². The van der Waals surface area contributed by atoms with Gasteiger partial charge in [-0.3, -0.25) is 4.79 Å². The van der Waals surface area contributed by atoms with Gasteiger partial charge in [0, 0.05) is 0 Å². The van der Waals surface area contributed by atoms with E-state index in [9.17, 15) is 20.1 Å². The Hall–Kier alpha value is -1.79. The van der Waals surface area contributed by atoms with Crippen LogP contribution in [0.15, 0.2) is 18.2 Å². The highest BCUT2D eigenvalue weighted by atomic mass is 16.3. The Morgan fingerprint density at radius 2 is 1.95 bits per heavy atom. The number of carbonyl (C=O) groups excluding carboxylic acids is 1. The van der Waals surface area contributed by atoms with Gasteiger partial charge in [-0.15, -0.1) is 0 Å². The van der Waals surface area contributed by atoms with Crippen LogP contribution in [-0.2, 0) is 11.2 Å². The minimum atomic E-state index is -0.766.